The van der Waals surface area contributed by atoms with Crippen molar-refractivity contribution in [3.8, 4) is 0 Å². The minimum absolute atomic E-state index is 1.02. The molecule has 0 aromatic heterocycles. The molecule has 0 saturated heterocycles. The molecule has 0 aliphatic heterocycles. The summed E-state index contributed by atoms with van der Waals surface area (Å²) < 4.78 is 0. The van der Waals surface area contributed by atoms with Gasteiger partial charge in [-0.25, -0.2) is 0 Å². The summed E-state index contributed by atoms with van der Waals surface area (Å²) >= 11 is 0. The number of allylic oxidation sites excluding steroid dienone is 8. The van der Waals surface area contributed by atoms with Gasteiger partial charge in [-0.05, 0) is 32.1 Å². The highest BCUT2D eigenvalue weighted by molar-refractivity contribution is 5.11. The quantitative estimate of drug-likeness (QED) is 0.519. The van der Waals surface area contributed by atoms with E-state index in [1.165, 1.54) is 19.3 Å². The summed E-state index contributed by atoms with van der Waals surface area (Å²) in [4.78, 5) is 0. The Kier molecular flexibility index (Phi) is 5.87. The Bertz CT molecular complexity index is 192. The molecule has 1 aliphatic rings. The van der Waals surface area contributed by atoms with E-state index in [-0.39, 0.29) is 0 Å². The zero-order chi connectivity index (χ0) is 9.19. The van der Waals surface area contributed by atoms with E-state index in [4.69, 9.17) is 0 Å². The van der Waals surface area contributed by atoms with Gasteiger partial charge in [0.25, 0.3) is 0 Å². The maximum Gasteiger partial charge on any atom is -0.0163 e. The van der Waals surface area contributed by atoms with Crippen LogP contribution in [0.25, 0.3) is 0 Å². The summed E-state index contributed by atoms with van der Waals surface area (Å²) in [6.07, 6.45) is 24.0. The van der Waals surface area contributed by atoms with Crippen LogP contribution in [0.1, 0.15) is 25.7 Å². The molecule has 0 heterocycles. The topological polar surface area (TPSA) is 0 Å². The fraction of sp³-hybridized carbons (Fsp3) is 0.308. The standard InChI is InChI=1S/C13H17/c1-2-4-6-8-10-12-13-11-9-7-5-3-1/h1-5,8,10,12-13H,6-7,9,11H2/b3-1+,4-2+,10-8+,13-12-. The van der Waals surface area contributed by atoms with Gasteiger partial charge in [-0.15, -0.1) is 0 Å². The molecule has 0 atom stereocenters. The third kappa shape index (κ3) is 6.15. The molecule has 0 nitrogen and oxygen atoms in total. The highest BCUT2D eigenvalue weighted by atomic mass is 13.9. The van der Waals surface area contributed by atoms with Crippen molar-refractivity contribution in [1.82, 2.24) is 0 Å². The van der Waals surface area contributed by atoms with Crippen molar-refractivity contribution >= 4 is 0 Å². The van der Waals surface area contributed by atoms with Crippen molar-refractivity contribution in [1.29, 1.82) is 0 Å². The van der Waals surface area contributed by atoms with E-state index < -0.39 is 0 Å². The van der Waals surface area contributed by atoms with Crippen LogP contribution >= 0.6 is 0 Å². The van der Waals surface area contributed by atoms with Crippen LogP contribution in [0, 0.1) is 6.42 Å². The maximum absolute atomic E-state index is 2.23. The zero-order valence-electron chi connectivity index (χ0n) is 8.02. The molecule has 0 aromatic rings. The van der Waals surface area contributed by atoms with Crippen LogP contribution in [0.3, 0.4) is 0 Å². The van der Waals surface area contributed by atoms with Crippen LogP contribution in [0.2, 0.25) is 0 Å². The van der Waals surface area contributed by atoms with Gasteiger partial charge >= 0.3 is 0 Å². The van der Waals surface area contributed by atoms with E-state index in [0.29, 0.717) is 0 Å². The van der Waals surface area contributed by atoms with Crippen LogP contribution in [-0.4, -0.2) is 0 Å². The lowest BCUT2D eigenvalue weighted by Gasteiger charge is -1.90. The first kappa shape index (κ1) is 10.0. The van der Waals surface area contributed by atoms with Crippen LogP contribution < -0.4 is 0 Å². The minimum Gasteiger partial charge on any atom is -0.0845 e. The molecular weight excluding hydrogens is 156 g/mol. The van der Waals surface area contributed by atoms with Gasteiger partial charge in [0.05, 0.1) is 0 Å². The molecule has 1 aliphatic carbocycles. The SMILES string of the molecule is [CH]1/C=C/C=C/C/C=C/C=C\CCC1. The van der Waals surface area contributed by atoms with Crippen LogP contribution in [0.5, 0.6) is 0 Å². The lowest BCUT2D eigenvalue weighted by molar-refractivity contribution is 0.843. The molecule has 13 heavy (non-hydrogen) atoms. The van der Waals surface area contributed by atoms with Crippen LogP contribution in [0.15, 0.2) is 48.6 Å². The molecule has 0 bridgehead atoms. The van der Waals surface area contributed by atoms with Gasteiger partial charge < -0.3 is 0 Å². The summed E-state index contributed by atoms with van der Waals surface area (Å²) in [7, 11) is 0. The van der Waals surface area contributed by atoms with Crippen molar-refractivity contribution < 1.29 is 0 Å². The highest BCUT2D eigenvalue weighted by Crippen LogP contribution is 2.01. The normalized spacial score (nSPS) is 28.9. The smallest absolute Gasteiger partial charge is 0.0163 e. The maximum atomic E-state index is 2.23. The van der Waals surface area contributed by atoms with Crippen molar-refractivity contribution in [3.63, 3.8) is 0 Å². The van der Waals surface area contributed by atoms with Gasteiger partial charge in [0.15, 0.2) is 0 Å². The highest BCUT2D eigenvalue weighted by Gasteiger charge is 1.83. The summed E-state index contributed by atoms with van der Waals surface area (Å²) in [5.74, 6) is 0. The molecule has 0 fully saturated rings. The average Bonchev–Trinajstić information content (AvgIpc) is 2.18. The second-order valence-electron chi connectivity index (χ2n) is 3.07. The van der Waals surface area contributed by atoms with Crippen LogP contribution in [0.4, 0.5) is 0 Å². The third-order valence-corrected chi connectivity index (χ3v) is 1.89. The molecule has 0 N–H and O–H groups in total. The minimum atomic E-state index is 1.02. The Hall–Kier alpha value is -1.04. The van der Waals surface area contributed by atoms with Crippen molar-refractivity contribution in [2.24, 2.45) is 0 Å². The first-order chi connectivity index (χ1) is 6.50. The molecule has 0 aromatic carbocycles. The number of hydrogen-bond acceptors (Lipinski definition) is 0. The lowest BCUT2D eigenvalue weighted by Crippen LogP contribution is -1.72. The Labute approximate surface area is 81.4 Å². The summed E-state index contributed by atoms with van der Waals surface area (Å²) in [6.45, 7) is 0. The third-order valence-electron chi connectivity index (χ3n) is 1.89. The molecule has 1 rings (SSSR count). The van der Waals surface area contributed by atoms with Crippen molar-refractivity contribution in [2.75, 3.05) is 0 Å². The Morgan fingerprint density at radius 2 is 1.38 bits per heavy atom. The largest absolute Gasteiger partial charge is 0.0845 e. The van der Waals surface area contributed by atoms with Crippen molar-refractivity contribution in [3.05, 3.63) is 55.0 Å². The van der Waals surface area contributed by atoms with Crippen LogP contribution in [-0.2, 0) is 0 Å². The molecule has 0 heteroatoms. The van der Waals surface area contributed by atoms with E-state index in [1.54, 1.807) is 0 Å². The average molecular weight is 173 g/mol. The summed E-state index contributed by atoms with van der Waals surface area (Å²) in [6, 6.07) is 0. The second kappa shape index (κ2) is 7.60. The predicted octanol–water partition coefficient (Wildman–Crippen LogP) is 3.99. The zero-order valence-corrected chi connectivity index (χ0v) is 8.02. The number of rotatable bonds is 0. The fourth-order valence-corrected chi connectivity index (χ4v) is 1.16. The van der Waals surface area contributed by atoms with Crippen molar-refractivity contribution in [2.45, 2.75) is 25.7 Å². The Morgan fingerprint density at radius 1 is 0.615 bits per heavy atom. The second-order valence-corrected chi connectivity index (χ2v) is 3.07. The molecule has 69 valence electrons. The van der Waals surface area contributed by atoms with Gasteiger partial charge in [0.1, 0.15) is 0 Å². The molecule has 1 radical (unpaired) electrons. The molecule has 0 spiro atoms. The summed E-state index contributed by atoms with van der Waals surface area (Å²) in [5, 5.41) is 0. The van der Waals surface area contributed by atoms with Gasteiger partial charge in [-0.3, -0.25) is 0 Å². The molecule has 0 amide bonds. The Morgan fingerprint density at radius 3 is 2.31 bits per heavy atom. The first-order valence-corrected chi connectivity index (χ1v) is 4.97. The van der Waals surface area contributed by atoms with Gasteiger partial charge in [-0.1, -0.05) is 48.6 Å². The monoisotopic (exact) mass is 173 g/mol. The first-order valence-electron chi connectivity index (χ1n) is 4.97. The molecule has 0 unspecified atom stereocenters. The van der Waals surface area contributed by atoms with E-state index in [9.17, 15) is 0 Å². The van der Waals surface area contributed by atoms with Gasteiger partial charge in [0, 0.05) is 0 Å². The lowest BCUT2D eigenvalue weighted by atomic mass is 10.2. The van der Waals surface area contributed by atoms with E-state index in [0.717, 1.165) is 6.42 Å². The van der Waals surface area contributed by atoms with E-state index in [2.05, 4.69) is 55.0 Å². The van der Waals surface area contributed by atoms with Gasteiger partial charge in [0.2, 0.25) is 0 Å². The Balaban J connectivity index is 2.38. The molecular formula is C13H17. The predicted molar refractivity (Wildman–Crippen MR) is 59.3 cm³/mol. The summed E-state index contributed by atoms with van der Waals surface area (Å²) in [5.41, 5.74) is 0. The molecule has 0 saturated carbocycles. The van der Waals surface area contributed by atoms with E-state index in [1.807, 2.05) is 0 Å². The number of hydrogen-bond donors (Lipinski definition) is 0. The van der Waals surface area contributed by atoms with Gasteiger partial charge in [-0.2, -0.15) is 0 Å². The van der Waals surface area contributed by atoms with E-state index >= 15 is 0 Å². The fourth-order valence-electron chi connectivity index (χ4n) is 1.16.